The van der Waals surface area contributed by atoms with Crippen molar-refractivity contribution >= 4 is 45.2 Å². The Kier molecular flexibility index (Phi) is 5.65. The highest BCUT2D eigenvalue weighted by atomic mass is 79.9. The van der Waals surface area contributed by atoms with E-state index in [0.29, 0.717) is 21.5 Å². The molecule has 2 rings (SSSR count). The molecule has 1 unspecified atom stereocenters. The van der Waals surface area contributed by atoms with Gasteiger partial charge < -0.3 is 9.84 Å². The van der Waals surface area contributed by atoms with Crippen LogP contribution in [0.4, 0.5) is 0 Å². The molecule has 1 atom stereocenters. The van der Waals surface area contributed by atoms with Gasteiger partial charge in [0.1, 0.15) is 0 Å². The first-order chi connectivity index (χ1) is 10.0. The summed E-state index contributed by atoms with van der Waals surface area (Å²) in [5.41, 5.74) is 1.41. The minimum Gasteiger partial charge on any atom is -0.481 e. The highest BCUT2D eigenvalue weighted by molar-refractivity contribution is 9.10. The number of pyridine rings is 1. The van der Waals surface area contributed by atoms with Crippen molar-refractivity contribution in [2.75, 3.05) is 7.11 Å². The van der Waals surface area contributed by atoms with E-state index < -0.39 is 6.10 Å². The topological polar surface area (TPSA) is 42.4 Å². The molecule has 0 aliphatic heterocycles. The Morgan fingerprint density at radius 3 is 2.71 bits per heavy atom. The largest absolute Gasteiger partial charge is 0.481 e. The van der Waals surface area contributed by atoms with Gasteiger partial charge in [-0.25, -0.2) is 4.98 Å². The van der Waals surface area contributed by atoms with E-state index in [1.807, 2.05) is 6.07 Å². The van der Waals surface area contributed by atoms with Crippen LogP contribution < -0.4 is 4.74 Å². The third kappa shape index (κ3) is 4.20. The molecule has 110 valence electrons. The molecule has 0 fully saturated rings. The van der Waals surface area contributed by atoms with Crippen molar-refractivity contribution in [2.24, 2.45) is 0 Å². The molecule has 0 bridgehead atoms. The lowest BCUT2D eigenvalue weighted by Gasteiger charge is -2.08. The molecular weight excluding hydrogens is 377 g/mol. The summed E-state index contributed by atoms with van der Waals surface area (Å²) in [7, 11) is 1.54. The molecule has 0 radical (unpaired) electrons. The quantitative estimate of drug-likeness (QED) is 0.809. The molecule has 0 saturated heterocycles. The number of hydrogen-bond acceptors (Lipinski definition) is 3. The zero-order valence-electron chi connectivity index (χ0n) is 11.1. The van der Waals surface area contributed by atoms with Crippen molar-refractivity contribution in [3.8, 4) is 5.88 Å². The average molecular weight is 389 g/mol. The van der Waals surface area contributed by atoms with Gasteiger partial charge in [0.05, 0.1) is 23.3 Å². The van der Waals surface area contributed by atoms with Gasteiger partial charge in [0.2, 0.25) is 5.88 Å². The van der Waals surface area contributed by atoms with Gasteiger partial charge >= 0.3 is 0 Å². The first-order valence-corrected chi connectivity index (χ1v) is 7.57. The number of ether oxygens (including phenoxy) is 1. The summed E-state index contributed by atoms with van der Waals surface area (Å²) in [4.78, 5) is 4.13. The Morgan fingerprint density at radius 1 is 1.29 bits per heavy atom. The molecule has 0 aliphatic rings. The fourth-order valence-electron chi connectivity index (χ4n) is 1.73. The molecule has 6 heteroatoms. The van der Waals surface area contributed by atoms with E-state index in [0.717, 1.165) is 10.0 Å². The van der Waals surface area contributed by atoms with Crippen molar-refractivity contribution in [3.63, 3.8) is 0 Å². The van der Waals surface area contributed by atoms with Gasteiger partial charge in [-0.15, -0.1) is 0 Å². The fourth-order valence-corrected chi connectivity index (χ4v) is 2.39. The summed E-state index contributed by atoms with van der Waals surface area (Å²) >= 11 is 15.1. The lowest BCUT2D eigenvalue weighted by Crippen LogP contribution is -1.94. The van der Waals surface area contributed by atoms with Gasteiger partial charge in [0, 0.05) is 16.2 Å². The van der Waals surface area contributed by atoms with E-state index in [9.17, 15) is 5.11 Å². The number of halogens is 3. The third-order valence-corrected chi connectivity index (χ3v) is 3.95. The first-order valence-electron chi connectivity index (χ1n) is 6.02. The molecule has 0 saturated carbocycles. The van der Waals surface area contributed by atoms with Crippen LogP contribution in [0, 0.1) is 0 Å². The van der Waals surface area contributed by atoms with Gasteiger partial charge in [-0.2, -0.15) is 0 Å². The number of hydrogen-bond donors (Lipinski definition) is 1. The minimum atomic E-state index is -0.802. The Morgan fingerprint density at radius 2 is 2.05 bits per heavy atom. The monoisotopic (exact) mass is 387 g/mol. The van der Waals surface area contributed by atoms with Crippen molar-refractivity contribution in [1.29, 1.82) is 0 Å². The molecule has 2 aromatic rings. The number of nitrogens with zero attached hydrogens (tertiary/aromatic N) is 1. The van der Waals surface area contributed by atoms with Crippen molar-refractivity contribution in [2.45, 2.75) is 6.10 Å². The van der Waals surface area contributed by atoms with E-state index >= 15 is 0 Å². The number of aliphatic hydroxyl groups excluding tert-OH is 1. The summed E-state index contributed by atoms with van der Waals surface area (Å²) < 4.78 is 6.00. The van der Waals surface area contributed by atoms with Gasteiger partial charge in [0.25, 0.3) is 0 Å². The molecule has 1 aromatic heterocycles. The predicted molar refractivity (Wildman–Crippen MR) is 88.9 cm³/mol. The maximum atomic E-state index is 10.2. The normalized spacial score (nSPS) is 12.6. The Balaban J connectivity index is 2.24. The molecule has 1 N–H and O–H groups in total. The van der Waals surface area contributed by atoms with E-state index in [-0.39, 0.29) is 0 Å². The smallest absolute Gasteiger partial charge is 0.220 e. The summed E-state index contributed by atoms with van der Waals surface area (Å²) in [6, 6.07) is 6.86. The van der Waals surface area contributed by atoms with Crippen molar-refractivity contribution in [3.05, 3.63) is 62.2 Å². The molecule has 21 heavy (non-hydrogen) atoms. The van der Waals surface area contributed by atoms with E-state index in [1.54, 1.807) is 43.7 Å². The number of rotatable bonds is 4. The SMILES string of the molecule is COc1ncc(Br)cc1/C=C/C(O)c1ccc(Cl)c(Cl)c1. The van der Waals surface area contributed by atoms with Crippen LogP contribution in [-0.2, 0) is 0 Å². The highest BCUT2D eigenvalue weighted by Crippen LogP contribution is 2.27. The zero-order chi connectivity index (χ0) is 15.4. The molecule has 1 heterocycles. The summed E-state index contributed by atoms with van der Waals surface area (Å²) in [5.74, 6) is 0.482. The maximum Gasteiger partial charge on any atom is 0.220 e. The van der Waals surface area contributed by atoms with Gasteiger partial charge in [0.15, 0.2) is 0 Å². The molecular formula is C15H12BrCl2NO2. The van der Waals surface area contributed by atoms with Crippen LogP contribution in [0.1, 0.15) is 17.2 Å². The van der Waals surface area contributed by atoms with E-state index in [1.165, 1.54) is 0 Å². The molecule has 0 aliphatic carbocycles. The lowest BCUT2D eigenvalue weighted by atomic mass is 10.1. The van der Waals surface area contributed by atoms with Crippen molar-refractivity contribution in [1.82, 2.24) is 4.98 Å². The second kappa shape index (κ2) is 7.27. The summed E-state index contributed by atoms with van der Waals surface area (Å²) in [6.45, 7) is 0. The third-order valence-electron chi connectivity index (χ3n) is 2.78. The number of aromatic nitrogens is 1. The summed E-state index contributed by atoms with van der Waals surface area (Å²) in [6.07, 6.45) is 4.21. The lowest BCUT2D eigenvalue weighted by molar-refractivity contribution is 0.229. The van der Waals surface area contributed by atoms with Crippen LogP contribution in [-0.4, -0.2) is 17.2 Å². The van der Waals surface area contributed by atoms with Crippen LogP contribution in [0.25, 0.3) is 6.08 Å². The van der Waals surface area contributed by atoms with Crippen LogP contribution in [0.2, 0.25) is 10.0 Å². The van der Waals surface area contributed by atoms with Crippen molar-refractivity contribution < 1.29 is 9.84 Å². The standard InChI is InChI=1S/C15H12BrCl2NO2/c1-21-15-10(6-11(16)8-19-15)3-5-14(20)9-2-4-12(17)13(18)7-9/h2-8,14,20H,1H3/b5-3+. The second-order valence-corrected chi connectivity index (χ2v) is 5.96. The predicted octanol–water partition coefficient (Wildman–Crippen LogP) is 4.91. The Bertz CT molecular complexity index is 677. The second-order valence-electron chi connectivity index (χ2n) is 4.23. The average Bonchev–Trinajstić information content (AvgIpc) is 2.47. The van der Waals surface area contributed by atoms with E-state index in [2.05, 4.69) is 20.9 Å². The Labute approximate surface area is 141 Å². The molecule has 0 spiro atoms. The van der Waals surface area contributed by atoms with Crippen LogP contribution in [0.15, 0.2) is 41.0 Å². The van der Waals surface area contributed by atoms with Gasteiger partial charge in [-0.1, -0.05) is 41.4 Å². The van der Waals surface area contributed by atoms with Gasteiger partial charge in [-0.3, -0.25) is 0 Å². The minimum absolute atomic E-state index is 0.406. The maximum absolute atomic E-state index is 10.2. The summed E-state index contributed by atoms with van der Waals surface area (Å²) in [5, 5.41) is 11.0. The number of methoxy groups -OCH3 is 1. The number of benzene rings is 1. The Hall–Kier alpha value is -1.07. The molecule has 1 aromatic carbocycles. The number of aliphatic hydroxyl groups is 1. The van der Waals surface area contributed by atoms with E-state index in [4.69, 9.17) is 27.9 Å². The highest BCUT2D eigenvalue weighted by Gasteiger charge is 2.08. The van der Waals surface area contributed by atoms with Gasteiger partial charge in [-0.05, 0) is 39.7 Å². The van der Waals surface area contributed by atoms with Crippen LogP contribution in [0.5, 0.6) is 5.88 Å². The van der Waals surface area contributed by atoms with Crippen LogP contribution in [0.3, 0.4) is 0 Å². The fraction of sp³-hybridized carbons (Fsp3) is 0.133. The first kappa shape index (κ1) is 16.3. The van der Waals surface area contributed by atoms with Crippen LogP contribution >= 0.6 is 39.1 Å². The molecule has 3 nitrogen and oxygen atoms in total. The zero-order valence-corrected chi connectivity index (χ0v) is 14.2. The molecule has 0 amide bonds.